The molecule has 2 nitrogen and oxygen atoms in total. The molecule has 0 aliphatic carbocycles. The Morgan fingerprint density at radius 1 is 1.41 bits per heavy atom. The van der Waals surface area contributed by atoms with Crippen molar-refractivity contribution in [1.29, 1.82) is 0 Å². The zero-order chi connectivity index (χ0) is 12.3. The lowest BCUT2D eigenvalue weighted by Crippen LogP contribution is -1.96. The first kappa shape index (κ1) is 11.7. The van der Waals surface area contributed by atoms with Crippen molar-refractivity contribution in [2.45, 2.75) is 0 Å². The van der Waals surface area contributed by atoms with Crippen molar-refractivity contribution < 1.29 is 8.78 Å². The maximum absolute atomic E-state index is 13.5. The number of thiazole rings is 1. The van der Waals surface area contributed by atoms with E-state index in [4.69, 9.17) is 0 Å². The number of nitrogens with one attached hydrogen (secondary N) is 1. The molecule has 1 heterocycles. The van der Waals surface area contributed by atoms with E-state index in [1.165, 1.54) is 23.5 Å². The van der Waals surface area contributed by atoms with Gasteiger partial charge in [0.15, 0.2) is 5.13 Å². The summed E-state index contributed by atoms with van der Waals surface area (Å²) >= 11 is 1.37. The minimum absolute atomic E-state index is 0.300. The second kappa shape index (κ2) is 5.05. The first-order valence-corrected chi connectivity index (χ1v) is 5.84. The summed E-state index contributed by atoms with van der Waals surface area (Å²) in [5.41, 5.74) is 0.799. The lowest BCUT2D eigenvalue weighted by molar-refractivity contribution is 0.585. The van der Waals surface area contributed by atoms with Gasteiger partial charge in [-0.25, -0.2) is 13.8 Å². The maximum atomic E-state index is 13.5. The Kier molecular flexibility index (Phi) is 3.49. The van der Waals surface area contributed by atoms with E-state index in [1.807, 2.05) is 0 Å². The number of halogens is 2. The fraction of sp³-hybridized carbons (Fsp3) is 0.0833. The summed E-state index contributed by atoms with van der Waals surface area (Å²) in [7, 11) is 0. The molecule has 0 unspecified atom stereocenters. The fourth-order valence-corrected chi connectivity index (χ4v) is 2.06. The van der Waals surface area contributed by atoms with Gasteiger partial charge >= 0.3 is 0 Å². The molecule has 1 aromatic heterocycles. The van der Waals surface area contributed by atoms with E-state index in [0.29, 0.717) is 22.9 Å². The Morgan fingerprint density at radius 3 is 2.94 bits per heavy atom. The van der Waals surface area contributed by atoms with E-state index >= 15 is 0 Å². The third kappa shape index (κ3) is 2.68. The highest BCUT2D eigenvalue weighted by Crippen LogP contribution is 2.27. The van der Waals surface area contributed by atoms with Crippen LogP contribution in [0.2, 0.25) is 0 Å². The summed E-state index contributed by atoms with van der Waals surface area (Å²) in [6.07, 6.45) is 1.71. The summed E-state index contributed by atoms with van der Waals surface area (Å²) in [6.45, 7) is 4.17. The Morgan fingerprint density at radius 2 is 2.24 bits per heavy atom. The van der Waals surface area contributed by atoms with Gasteiger partial charge in [0.2, 0.25) is 0 Å². The molecule has 0 saturated heterocycles. The van der Waals surface area contributed by atoms with Gasteiger partial charge in [-0.1, -0.05) is 6.08 Å². The van der Waals surface area contributed by atoms with Gasteiger partial charge in [-0.2, -0.15) is 0 Å². The summed E-state index contributed by atoms with van der Waals surface area (Å²) in [5.74, 6) is -1.20. The minimum atomic E-state index is -0.606. The molecule has 0 radical (unpaired) electrons. The molecule has 0 amide bonds. The Balaban J connectivity index is 2.27. The zero-order valence-corrected chi connectivity index (χ0v) is 9.73. The van der Waals surface area contributed by atoms with E-state index in [9.17, 15) is 8.78 Å². The Bertz CT molecular complexity index is 537. The average Bonchev–Trinajstić information content (AvgIpc) is 2.75. The van der Waals surface area contributed by atoms with Crippen molar-refractivity contribution in [3.8, 4) is 11.3 Å². The van der Waals surface area contributed by atoms with E-state index in [1.54, 1.807) is 11.5 Å². The number of anilines is 1. The van der Waals surface area contributed by atoms with Gasteiger partial charge in [-0.05, 0) is 12.1 Å². The lowest BCUT2D eigenvalue weighted by Gasteiger charge is -1.99. The van der Waals surface area contributed by atoms with Crippen LogP contribution in [0.1, 0.15) is 0 Å². The van der Waals surface area contributed by atoms with Crippen LogP contribution in [0.25, 0.3) is 11.3 Å². The summed E-state index contributed by atoms with van der Waals surface area (Å²) < 4.78 is 26.2. The first-order valence-electron chi connectivity index (χ1n) is 4.96. The van der Waals surface area contributed by atoms with Gasteiger partial charge in [0.1, 0.15) is 11.6 Å². The quantitative estimate of drug-likeness (QED) is 0.839. The molecular formula is C12H10F2N2S. The van der Waals surface area contributed by atoms with Crippen molar-refractivity contribution in [2.24, 2.45) is 0 Å². The zero-order valence-electron chi connectivity index (χ0n) is 8.91. The minimum Gasteiger partial charge on any atom is -0.358 e. The van der Waals surface area contributed by atoms with Crippen LogP contribution in [-0.2, 0) is 0 Å². The Labute approximate surface area is 102 Å². The van der Waals surface area contributed by atoms with E-state index < -0.39 is 11.6 Å². The van der Waals surface area contributed by atoms with Crippen molar-refractivity contribution in [3.05, 3.63) is 47.9 Å². The predicted molar refractivity (Wildman–Crippen MR) is 66.2 cm³/mol. The number of hydrogen-bond acceptors (Lipinski definition) is 3. The highest BCUT2D eigenvalue weighted by atomic mass is 32.1. The molecule has 0 fully saturated rings. The summed E-state index contributed by atoms with van der Waals surface area (Å²) in [5, 5.41) is 5.42. The van der Waals surface area contributed by atoms with Gasteiger partial charge in [-0.15, -0.1) is 17.9 Å². The second-order valence-electron chi connectivity index (χ2n) is 3.33. The maximum Gasteiger partial charge on any atom is 0.183 e. The van der Waals surface area contributed by atoms with E-state index in [-0.39, 0.29) is 0 Å². The molecule has 0 aliphatic heterocycles. The van der Waals surface area contributed by atoms with Gasteiger partial charge in [0.05, 0.1) is 5.69 Å². The number of nitrogens with zero attached hydrogens (tertiary/aromatic N) is 1. The molecule has 0 atom stereocenters. The molecule has 1 aromatic carbocycles. The van der Waals surface area contributed by atoms with Crippen LogP contribution < -0.4 is 5.32 Å². The molecule has 17 heavy (non-hydrogen) atoms. The highest BCUT2D eigenvalue weighted by molar-refractivity contribution is 7.14. The van der Waals surface area contributed by atoms with Gasteiger partial charge in [0.25, 0.3) is 0 Å². The fourth-order valence-electron chi connectivity index (χ4n) is 1.34. The smallest absolute Gasteiger partial charge is 0.183 e. The number of rotatable bonds is 4. The molecule has 2 rings (SSSR count). The van der Waals surface area contributed by atoms with Gasteiger partial charge in [0, 0.05) is 23.6 Å². The third-order valence-corrected chi connectivity index (χ3v) is 2.91. The first-order chi connectivity index (χ1) is 8.20. The molecule has 0 spiro atoms. The summed E-state index contributed by atoms with van der Waals surface area (Å²) in [4.78, 5) is 4.21. The largest absolute Gasteiger partial charge is 0.358 e. The monoisotopic (exact) mass is 252 g/mol. The topological polar surface area (TPSA) is 24.9 Å². The molecule has 0 saturated carbocycles. The number of hydrogen-bond donors (Lipinski definition) is 1. The molecule has 0 aliphatic rings. The molecule has 2 aromatic rings. The van der Waals surface area contributed by atoms with Crippen LogP contribution in [-0.4, -0.2) is 11.5 Å². The second-order valence-corrected chi connectivity index (χ2v) is 4.19. The molecule has 88 valence electrons. The molecule has 0 bridgehead atoms. The third-order valence-electron chi connectivity index (χ3n) is 2.11. The highest BCUT2D eigenvalue weighted by Gasteiger charge is 2.09. The average molecular weight is 252 g/mol. The van der Waals surface area contributed by atoms with Crippen molar-refractivity contribution in [1.82, 2.24) is 4.98 Å². The lowest BCUT2D eigenvalue weighted by atomic mass is 10.1. The predicted octanol–water partition coefficient (Wildman–Crippen LogP) is 3.69. The molecule has 5 heteroatoms. The summed E-state index contributed by atoms with van der Waals surface area (Å²) in [6, 6.07) is 3.46. The van der Waals surface area contributed by atoms with Crippen LogP contribution in [0.15, 0.2) is 36.2 Å². The van der Waals surface area contributed by atoms with Gasteiger partial charge in [-0.3, -0.25) is 0 Å². The standard InChI is InChI=1S/C12H10F2N2S/c1-2-5-15-12-16-11(7-17-12)9-4-3-8(13)6-10(9)14/h2-4,6-7H,1,5H2,(H,15,16). The molecular weight excluding hydrogens is 242 g/mol. The van der Waals surface area contributed by atoms with E-state index in [2.05, 4.69) is 16.9 Å². The van der Waals surface area contributed by atoms with Crippen molar-refractivity contribution in [2.75, 3.05) is 11.9 Å². The van der Waals surface area contributed by atoms with Crippen molar-refractivity contribution in [3.63, 3.8) is 0 Å². The number of benzene rings is 1. The van der Waals surface area contributed by atoms with Crippen LogP contribution in [0.5, 0.6) is 0 Å². The van der Waals surface area contributed by atoms with Crippen molar-refractivity contribution >= 4 is 16.5 Å². The van der Waals surface area contributed by atoms with Crippen LogP contribution in [0, 0.1) is 11.6 Å². The SMILES string of the molecule is C=CCNc1nc(-c2ccc(F)cc2F)cs1. The van der Waals surface area contributed by atoms with Crippen LogP contribution in [0.4, 0.5) is 13.9 Å². The number of aromatic nitrogens is 1. The molecule has 1 N–H and O–H groups in total. The van der Waals surface area contributed by atoms with Crippen LogP contribution in [0.3, 0.4) is 0 Å². The normalized spacial score (nSPS) is 10.2. The van der Waals surface area contributed by atoms with Crippen LogP contribution >= 0.6 is 11.3 Å². The Hall–Kier alpha value is -1.75. The van der Waals surface area contributed by atoms with E-state index in [0.717, 1.165) is 6.07 Å². The van der Waals surface area contributed by atoms with Gasteiger partial charge < -0.3 is 5.32 Å².